The lowest BCUT2D eigenvalue weighted by Crippen LogP contribution is -2.69. The number of nitrogens with one attached hydrogen (secondary N) is 6. The first-order chi connectivity index (χ1) is 45.4. The molecule has 0 bridgehead atoms. The number of aliphatic hydroxyl groups is 1. The van der Waals surface area contributed by atoms with Gasteiger partial charge >= 0.3 is 12.1 Å². The Morgan fingerprint density at radius 3 is 1.93 bits per heavy atom. The average molecular weight is 1330 g/mol. The van der Waals surface area contributed by atoms with Gasteiger partial charge in [0.15, 0.2) is 23.8 Å². The largest absolute Gasteiger partial charge is 0.486 e. The normalized spacial score (nSPS) is 27.5. The van der Waals surface area contributed by atoms with Gasteiger partial charge in [-0.2, -0.15) is 0 Å². The van der Waals surface area contributed by atoms with E-state index < -0.39 is 131 Å². The predicted molar refractivity (Wildman–Crippen MR) is 343 cm³/mol. The highest BCUT2D eigenvalue weighted by atomic mass is 19.1. The number of halogens is 2. The van der Waals surface area contributed by atoms with Crippen molar-refractivity contribution in [2.75, 3.05) is 96.4 Å². The lowest BCUT2D eigenvalue weighted by molar-refractivity contribution is -0.189. The molecule has 12 atom stereocenters. The van der Waals surface area contributed by atoms with E-state index in [-0.39, 0.29) is 81.5 Å². The molecule has 4 saturated carbocycles. The number of alkyl carbamates (subject to hydrolysis) is 1. The predicted octanol–water partition coefficient (Wildman–Crippen LogP) is 5.79. The van der Waals surface area contributed by atoms with E-state index in [1.54, 1.807) is 27.7 Å². The Labute approximate surface area is 552 Å². The number of benzene rings is 2. The second-order valence-electron chi connectivity index (χ2n) is 26.1. The van der Waals surface area contributed by atoms with Crippen LogP contribution >= 0.6 is 0 Å². The number of amides is 7. The van der Waals surface area contributed by atoms with Crippen LogP contribution in [0.4, 0.5) is 29.7 Å². The molecule has 8 rings (SSSR count). The van der Waals surface area contributed by atoms with E-state index >= 15 is 8.78 Å². The van der Waals surface area contributed by atoms with Crippen molar-refractivity contribution >= 4 is 64.5 Å². The quantitative estimate of drug-likeness (QED) is 0.0299. The van der Waals surface area contributed by atoms with Crippen LogP contribution < -0.4 is 47.1 Å². The molecule has 95 heavy (non-hydrogen) atoms. The fraction of sp³-hybridized carbons (Fsp3) is 0.609. The fourth-order valence-corrected chi connectivity index (χ4v) is 14.5. The topological polar surface area (TPSA) is 337 Å². The summed E-state index contributed by atoms with van der Waals surface area (Å²) < 4.78 is 72.5. The van der Waals surface area contributed by atoms with E-state index in [1.165, 1.54) is 61.5 Å². The monoisotopic (exact) mass is 1330 g/mol. The van der Waals surface area contributed by atoms with Gasteiger partial charge in [0, 0.05) is 61.5 Å². The molecule has 7 amide bonds. The zero-order valence-electron chi connectivity index (χ0n) is 54.7. The number of hydrogen-bond donors (Lipinski definition) is 8. The van der Waals surface area contributed by atoms with Gasteiger partial charge in [0.1, 0.15) is 42.0 Å². The Morgan fingerprint density at radius 1 is 0.726 bits per heavy atom. The van der Waals surface area contributed by atoms with Gasteiger partial charge in [0.05, 0.1) is 64.9 Å². The van der Waals surface area contributed by atoms with Crippen molar-refractivity contribution in [2.45, 2.75) is 128 Å². The van der Waals surface area contributed by atoms with Crippen LogP contribution in [0.5, 0.6) is 11.5 Å². The number of hydrogen-bond acceptors (Lipinski definition) is 17. The first-order valence-corrected chi connectivity index (χ1v) is 32.8. The molecule has 0 aromatic heterocycles. The van der Waals surface area contributed by atoms with E-state index in [1.807, 2.05) is 0 Å². The van der Waals surface area contributed by atoms with Crippen molar-refractivity contribution in [2.24, 2.45) is 58.0 Å². The number of rotatable bonds is 35. The Hall–Kier alpha value is -7.83. The highest BCUT2D eigenvalue weighted by molar-refractivity contribution is 6.03. The summed E-state index contributed by atoms with van der Waals surface area (Å²) in [6.45, 7) is 10.2. The first-order valence-electron chi connectivity index (χ1n) is 32.8. The van der Waals surface area contributed by atoms with E-state index in [2.05, 4.69) is 43.7 Å². The summed E-state index contributed by atoms with van der Waals surface area (Å²) in [4.78, 5) is 117. The Bertz CT molecular complexity index is 3200. The number of alkyl halides is 2. The molecule has 6 aliphatic rings. The third kappa shape index (κ3) is 18.0. The molecule has 2 aromatic rings. The van der Waals surface area contributed by atoms with Crippen LogP contribution in [0.3, 0.4) is 0 Å². The molecular weight excluding hydrogens is 1240 g/mol. The molecule has 0 heterocycles. The number of carbonyl (C=O) groups excluding carboxylic acids is 9. The molecule has 9 N–H and O–H groups in total. The van der Waals surface area contributed by atoms with Crippen molar-refractivity contribution in [1.82, 2.24) is 21.3 Å². The Morgan fingerprint density at radius 2 is 1.32 bits per heavy atom. The summed E-state index contributed by atoms with van der Waals surface area (Å²) in [5.74, 6) is 1.27. The fourth-order valence-electron chi connectivity index (χ4n) is 14.5. The van der Waals surface area contributed by atoms with E-state index in [4.69, 9.17) is 38.9 Å². The summed E-state index contributed by atoms with van der Waals surface area (Å²) in [6.07, 6.45) is 4.95. The number of anilines is 2. The second-order valence-corrected chi connectivity index (χ2v) is 26.1. The maximum absolute atomic E-state index is 17.5. The Kier molecular flexibility index (Phi) is 25.5. The summed E-state index contributed by atoms with van der Waals surface area (Å²) >= 11 is 0. The van der Waals surface area contributed by atoms with E-state index in [9.17, 15) is 48.3 Å². The smallest absolute Gasteiger partial charge is 0.407 e. The molecule has 3 unspecified atom stereocenters. The molecule has 4 fully saturated rings. The number of urea groups is 1. The van der Waals surface area contributed by atoms with Gasteiger partial charge in [-0.1, -0.05) is 33.8 Å². The van der Waals surface area contributed by atoms with Gasteiger partial charge in [0.25, 0.3) is 5.91 Å². The molecule has 0 spiro atoms. The number of ether oxygens (including phenoxy) is 7. The zero-order valence-corrected chi connectivity index (χ0v) is 54.7. The van der Waals surface area contributed by atoms with Crippen LogP contribution in [0.1, 0.15) is 98.8 Å². The minimum atomic E-state index is -2.55. The van der Waals surface area contributed by atoms with Gasteiger partial charge in [-0.3, -0.25) is 33.6 Å². The van der Waals surface area contributed by atoms with Crippen LogP contribution in [0.2, 0.25) is 0 Å². The summed E-state index contributed by atoms with van der Waals surface area (Å²) in [5.41, 5.74) is -1.98. The second kappa shape index (κ2) is 33.2. The van der Waals surface area contributed by atoms with Gasteiger partial charge in [-0.15, -0.1) is 11.8 Å². The van der Waals surface area contributed by atoms with Crippen LogP contribution in [0.15, 0.2) is 72.3 Å². The van der Waals surface area contributed by atoms with Crippen LogP contribution in [-0.2, 0) is 57.2 Å². The average Bonchev–Trinajstić information content (AvgIpc) is 1.64. The lowest BCUT2D eigenvalue weighted by Gasteiger charge is -2.60. The summed E-state index contributed by atoms with van der Waals surface area (Å²) in [5, 5.41) is 28.4. The number of fused-ring (bicyclic) bond motifs is 6. The highest BCUT2D eigenvalue weighted by Gasteiger charge is 2.77. The van der Waals surface area contributed by atoms with Crippen LogP contribution in [-0.4, -0.2) is 173 Å². The van der Waals surface area contributed by atoms with Crippen LogP contribution in [0.25, 0.3) is 0 Å². The molecule has 6 aliphatic carbocycles. The molecule has 0 saturated heterocycles. The number of Topliss-reactive ketones (excluding diaryl/α,β-unsaturated/α-hetero) is 2. The highest BCUT2D eigenvalue weighted by Crippen LogP contribution is 2.70. The van der Waals surface area contributed by atoms with Gasteiger partial charge < -0.3 is 75.9 Å². The van der Waals surface area contributed by atoms with Crippen molar-refractivity contribution in [1.29, 1.82) is 0 Å². The zero-order chi connectivity index (χ0) is 68.5. The molecule has 26 heteroatoms. The SMILES string of the molecule is CC(C)[C@H](NC(=O)CCOCCOCCOCCOCCNC(=O)OCC1C2CCC#CCCC21)C(=O)N[C@@H](CCCNC(N)=O)C(=O)Nc1ccc(OCC(=O)Nc2ccc(OCC(=O)[C@@]3(O)[C@H](C)C[C@H]4C5C[C@H](F)C6=CC(=O)C=C[C@]6(C)[C@@]5(F)C(=O)C[C@@]43C)cc2)cc1. The Balaban J connectivity index is 0.695. The maximum Gasteiger partial charge on any atom is 0.407 e. The van der Waals surface area contributed by atoms with Crippen molar-refractivity contribution in [3.05, 3.63) is 72.3 Å². The standard InChI is InChI=1S/C69H91F2N7O17/c1-42(2)61(78-59(82)23-27-89-29-31-91-33-34-92-32-30-90-28-26-74-65(87)95-39-51-49-11-8-6-7-9-12-50(49)51)63(85)77-56(13-10-25-73-64(72)86)62(84)76-45-16-20-48(21-17-45)94-41-60(83)75-44-14-18-47(19-15-44)93-40-58(81)69(88)43(3)35-52-53-37-55(70)54-36-46(79)22-24-66(54,4)68(53,71)57(80)38-67(52,69)5/h14-22,24,36,42-43,49-53,55-56,61,88H,8-13,23,25-35,37-41H2,1-5H3,(H,74,87)(H,75,83)(H,76,84)(H,77,85)(H,78,82)(H3,72,73,86)/t43-,49?,50?,51?,52+,53?,55+,56+,61+,66+,67+,68+,69+/m1/s1. The number of nitrogens with two attached hydrogens (primary N) is 1. The van der Waals surface area contributed by atoms with Crippen molar-refractivity contribution < 1.29 is 90.2 Å². The number of ketones is 3. The third-order valence-corrected chi connectivity index (χ3v) is 19.6. The van der Waals surface area contributed by atoms with Crippen LogP contribution in [0, 0.1) is 64.1 Å². The molecular formula is C69H91F2N7O17. The minimum Gasteiger partial charge on any atom is -0.486 e. The molecule has 518 valence electrons. The van der Waals surface area contributed by atoms with E-state index in [0.717, 1.165) is 37.8 Å². The summed E-state index contributed by atoms with van der Waals surface area (Å²) in [6, 6.07) is 9.25. The number of carbonyl (C=O) groups is 9. The van der Waals surface area contributed by atoms with Gasteiger partial charge in [-0.05, 0) is 147 Å². The molecule has 0 aliphatic heterocycles. The van der Waals surface area contributed by atoms with Crippen molar-refractivity contribution in [3.63, 3.8) is 0 Å². The molecule has 2 aromatic carbocycles. The molecule has 0 radical (unpaired) electrons. The molecule has 24 nitrogen and oxygen atoms in total. The van der Waals surface area contributed by atoms with E-state index in [0.29, 0.717) is 75.3 Å². The lowest BCUT2D eigenvalue weighted by atomic mass is 9.45. The minimum absolute atomic E-state index is 0.0521. The summed E-state index contributed by atoms with van der Waals surface area (Å²) in [7, 11) is 0. The number of allylic oxidation sites excluding steroid dienone is 4. The van der Waals surface area contributed by atoms with Gasteiger partial charge in [-0.25, -0.2) is 18.4 Å². The third-order valence-electron chi connectivity index (χ3n) is 19.6. The maximum atomic E-state index is 17.5. The first kappa shape index (κ1) is 73.0. The number of primary amides is 1. The van der Waals surface area contributed by atoms with Gasteiger partial charge in [0.2, 0.25) is 23.5 Å². The van der Waals surface area contributed by atoms with Crippen molar-refractivity contribution in [3.8, 4) is 23.3 Å².